The standard InChI is InChI=1S/C19H15BrN4O3S/c1-11-2-4-12(5-3-11)17-15(7-24(23-17)13-8-28(25,26)9-13)18-14-6-16(20)27-19(14)22-10-21-18/h2-7,10,13H,8-9H2,1H3. The average Bonchev–Trinajstić information content (AvgIpc) is 3.22. The highest BCUT2D eigenvalue weighted by Gasteiger charge is 2.36. The Hall–Kier alpha value is -2.52. The van der Waals surface area contributed by atoms with Crippen LogP contribution in [0.3, 0.4) is 0 Å². The number of rotatable bonds is 3. The summed E-state index contributed by atoms with van der Waals surface area (Å²) in [6.07, 6.45) is 3.33. The Morgan fingerprint density at radius 3 is 2.61 bits per heavy atom. The van der Waals surface area contributed by atoms with Crippen molar-refractivity contribution in [3.8, 4) is 22.5 Å². The number of fused-ring (bicyclic) bond motifs is 1. The van der Waals surface area contributed by atoms with Crippen LogP contribution in [0.1, 0.15) is 11.6 Å². The molecule has 3 aromatic heterocycles. The minimum atomic E-state index is -2.96. The zero-order valence-electron chi connectivity index (χ0n) is 14.8. The predicted octanol–water partition coefficient (Wildman–Crippen LogP) is 3.79. The van der Waals surface area contributed by atoms with Gasteiger partial charge in [0.15, 0.2) is 14.5 Å². The summed E-state index contributed by atoms with van der Waals surface area (Å²) in [7, 11) is -2.96. The van der Waals surface area contributed by atoms with Crippen LogP contribution in [-0.2, 0) is 9.84 Å². The van der Waals surface area contributed by atoms with Gasteiger partial charge in [-0.2, -0.15) is 5.10 Å². The van der Waals surface area contributed by atoms with Gasteiger partial charge in [0.1, 0.15) is 12.0 Å². The van der Waals surface area contributed by atoms with Gasteiger partial charge in [0, 0.05) is 23.4 Å². The molecular formula is C19H15BrN4O3S. The first-order chi connectivity index (χ1) is 13.4. The van der Waals surface area contributed by atoms with Crippen LogP contribution in [0.25, 0.3) is 33.6 Å². The van der Waals surface area contributed by atoms with E-state index in [2.05, 4.69) is 25.9 Å². The zero-order chi connectivity index (χ0) is 19.5. The van der Waals surface area contributed by atoms with E-state index in [4.69, 9.17) is 9.52 Å². The van der Waals surface area contributed by atoms with E-state index < -0.39 is 9.84 Å². The maximum Gasteiger partial charge on any atom is 0.231 e. The Labute approximate surface area is 169 Å². The Balaban J connectivity index is 1.71. The number of halogens is 1. The fourth-order valence-corrected chi connectivity index (χ4v) is 5.17. The molecule has 5 rings (SSSR count). The van der Waals surface area contributed by atoms with Crippen LogP contribution in [0.4, 0.5) is 0 Å². The number of hydrogen-bond donors (Lipinski definition) is 0. The molecule has 0 atom stereocenters. The van der Waals surface area contributed by atoms with Gasteiger partial charge in [-0.05, 0) is 22.9 Å². The lowest BCUT2D eigenvalue weighted by Crippen LogP contribution is -2.38. The molecule has 142 valence electrons. The molecule has 7 nitrogen and oxygen atoms in total. The summed E-state index contributed by atoms with van der Waals surface area (Å²) in [6.45, 7) is 2.03. The lowest BCUT2D eigenvalue weighted by atomic mass is 10.0. The fourth-order valence-electron chi connectivity index (χ4n) is 3.41. The third-order valence-electron chi connectivity index (χ3n) is 4.88. The lowest BCUT2D eigenvalue weighted by molar-refractivity contribution is 0.474. The van der Waals surface area contributed by atoms with Crippen molar-refractivity contribution in [3.05, 3.63) is 53.1 Å². The molecule has 0 spiro atoms. The molecule has 0 unspecified atom stereocenters. The van der Waals surface area contributed by atoms with Gasteiger partial charge >= 0.3 is 0 Å². The number of aryl methyl sites for hydroxylation is 1. The Morgan fingerprint density at radius 1 is 1.14 bits per heavy atom. The van der Waals surface area contributed by atoms with E-state index in [0.717, 1.165) is 27.8 Å². The van der Waals surface area contributed by atoms with Crippen LogP contribution in [0.5, 0.6) is 0 Å². The highest BCUT2D eigenvalue weighted by atomic mass is 79.9. The topological polar surface area (TPSA) is 90.9 Å². The molecule has 1 saturated heterocycles. The zero-order valence-corrected chi connectivity index (χ0v) is 17.2. The predicted molar refractivity (Wildman–Crippen MR) is 109 cm³/mol. The molecule has 1 aliphatic rings. The van der Waals surface area contributed by atoms with Crippen molar-refractivity contribution in [1.82, 2.24) is 19.7 Å². The maximum absolute atomic E-state index is 11.6. The number of hydrogen-bond acceptors (Lipinski definition) is 6. The Bertz CT molecular complexity index is 1300. The van der Waals surface area contributed by atoms with E-state index >= 15 is 0 Å². The summed E-state index contributed by atoms with van der Waals surface area (Å²) < 4.78 is 31.2. The van der Waals surface area contributed by atoms with Crippen molar-refractivity contribution in [2.45, 2.75) is 13.0 Å². The lowest BCUT2D eigenvalue weighted by Gasteiger charge is -2.25. The molecule has 28 heavy (non-hydrogen) atoms. The number of nitrogens with zero attached hydrogens (tertiary/aromatic N) is 4. The van der Waals surface area contributed by atoms with Crippen LogP contribution in [0.2, 0.25) is 0 Å². The summed E-state index contributed by atoms with van der Waals surface area (Å²) in [6, 6.07) is 9.73. The van der Waals surface area contributed by atoms with Crippen molar-refractivity contribution in [3.63, 3.8) is 0 Å². The minimum Gasteiger partial charge on any atom is -0.431 e. The van der Waals surface area contributed by atoms with Crippen LogP contribution >= 0.6 is 15.9 Å². The smallest absolute Gasteiger partial charge is 0.231 e. The molecule has 4 heterocycles. The number of aromatic nitrogens is 4. The maximum atomic E-state index is 11.6. The molecule has 1 aromatic carbocycles. The Kier molecular flexibility index (Phi) is 3.92. The van der Waals surface area contributed by atoms with E-state index in [1.165, 1.54) is 6.33 Å². The second kappa shape index (κ2) is 6.25. The van der Waals surface area contributed by atoms with Gasteiger partial charge in [-0.1, -0.05) is 29.8 Å². The van der Waals surface area contributed by atoms with Gasteiger partial charge in [-0.15, -0.1) is 0 Å². The van der Waals surface area contributed by atoms with E-state index in [-0.39, 0.29) is 17.5 Å². The second-order valence-corrected chi connectivity index (χ2v) is 9.90. The number of benzene rings is 1. The Morgan fingerprint density at radius 2 is 1.89 bits per heavy atom. The third kappa shape index (κ3) is 2.94. The fraction of sp³-hybridized carbons (Fsp3) is 0.211. The largest absolute Gasteiger partial charge is 0.431 e. The third-order valence-corrected chi connectivity index (χ3v) is 7.05. The van der Waals surface area contributed by atoms with Gasteiger partial charge in [-0.25, -0.2) is 18.4 Å². The van der Waals surface area contributed by atoms with Gasteiger partial charge in [0.25, 0.3) is 0 Å². The summed E-state index contributed by atoms with van der Waals surface area (Å²) in [5.41, 5.74) is 4.83. The summed E-state index contributed by atoms with van der Waals surface area (Å²) in [5.74, 6) is 0.218. The van der Waals surface area contributed by atoms with Crippen molar-refractivity contribution in [2.75, 3.05) is 11.5 Å². The first kappa shape index (κ1) is 17.6. The van der Waals surface area contributed by atoms with E-state index in [0.29, 0.717) is 16.1 Å². The molecule has 9 heteroatoms. The van der Waals surface area contributed by atoms with Crippen molar-refractivity contribution in [1.29, 1.82) is 0 Å². The highest BCUT2D eigenvalue weighted by Crippen LogP contribution is 2.37. The average molecular weight is 459 g/mol. The van der Waals surface area contributed by atoms with Crippen molar-refractivity contribution in [2.24, 2.45) is 0 Å². The molecule has 0 aliphatic carbocycles. The summed E-state index contributed by atoms with van der Waals surface area (Å²) in [5, 5.41) is 5.50. The van der Waals surface area contributed by atoms with E-state index in [1.807, 2.05) is 43.5 Å². The normalized spacial score (nSPS) is 16.4. The highest BCUT2D eigenvalue weighted by molar-refractivity contribution is 9.10. The molecular weight excluding hydrogens is 444 g/mol. The SMILES string of the molecule is Cc1ccc(-c2nn(C3CS(=O)(=O)C3)cc2-c2ncnc3oc(Br)cc23)cc1. The molecule has 4 aromatic rings. The van der Waals surface area contributed by atoms with Crippen molar-refractivity contribution < 1.29 is 12.8 Å². The number of sulfone groups is 1. The minimum absolute atomic E-state index is 0.109. The number of furan rings is 1. The molecule has 0 amide bonds. The second-order valence-electron chi connectivity index (χ2n) is 6.96. The van der Waals surface area contributed by atoms with E-state index in [1.54, 1.807) is 4.68 Å². The first-order valence-electron chi connectivity index (χ1n) is 8.67. The van der Waals surface area contributed by atoms with Crippen molar-refractivity contribution >= 4 is 36.9 Å². The van der Waals surface area contributed by atoms with Crippen LogP contribution in [0.15, 0.2) is 51.9 Å². The van der Waals surface area contributed by atoms with Crippen LogP contribution < -0.4 is 0 Å². The molecule has 0 saturated carbocycles. The van der Waals surface area contributed by atoms with Gasteiger partial charge in [-0.3, -0.25) is 4.68 Å². The summed E-state index contributed by atoms with van der Waals surface area (Å²) in [4.78, 5) is 8.65. The van der Waals surface area contributed by atoms with Crippen LogP contribution in [-0.4, -0.2) is 39.7 Å². The van der Waals surface area contributed by atoms with Crippen LogP contribution in [0, 0.1) is 6.92 Å². The van der Waals surface area contributed by atoms with Gasteiger partial charge in [0.05, 0.1) is 28.6 Å². The molecule has 1 aliphatic heterocycles. The molecule has 0 radical (unpaired) electrons. The first-order valence-corrected chi connectivity index (χ1v) is 11.3. The van der Waals surface area contributed by atoms with Gasteiger partial charge < -0.3 is 4.42 Å². The molecule has 0 bridgehead atoms. The van der Waals surface area contributed by atoms with Gasteiger partial charge in [0.2, 0.25) is 5.71 Å². The summed E-state index contributed by atoms with van der Waals surface area (Å²) >= 11 is 3.34. The molecule has 1 fully saturated rings. The monoisotopic (exact) mass is 458 g/mol. The van der Waals surface area contributed by atoms with E-state index in [9.17, 15) is 8.42 Å². The molecule has 0 N–H and O–H groups in total. The quantitative estimate of drug-likeness (QED) is 0.463.